The maximum absolute atomic E-state index is 12.8. The number of carbonyl (C=O) groups excluding carboxylic acids is 2. The smallest absolute Gasteiger partial charge is 0.251 e. The summed E-state index contributed by atoms with van der Waals surface area (Å²) in [5.74, 6) is 0.0862. The van der Waals surface area contributed by atoms with Crippen molar-refractivity contribution in [3.05, 3.63) is 65.2 Å². The summed E-state index contributed by atoms with van der Waals surface area (Å²) in [6.45, 7) is 4.79. The quantitative estimate of drug-likeness (QED) is 0.752. The van der Waals surface area contributed by atoms with Gasteiger partial charge in [-0.1, -0.05) is 35.9 Å². The predicted molar refractivity (Wildman–Crippen MR) is 115 cm³/mol. The van der Waals surface area contributed by atoms with E-state index in [-0.39, 0.29) is 23.8 Å². The van der Waals surface area contributed by atoms with E-state index in [2.05, 4.69) is 46.7 Å². The number of carbonyl (C=O) groups is 2. The van der Waals surface area contributed by atoms with E-state index in [0.29, 0.717) is 17.8 Å². The molecule has 0 aromatic heterocycles. The van der Waals surface area contributed by atoms with Crippen molar-refractivity contribution in [1.29, 1.82) is 0 Å². The SMILES string of the molecule is Cc1ccc(C(CNC(=O)c2cccc(NC(=O)C3CC3)c2)N2CCCC2)cc1. The summed E-state index contributed by atoms with van der Waals surface area (Å²) in [4.78, 5) is 27.2. The standard InChI is InChI=1S/C24H29N3O2/c1-17-7-9-18(10-8-17)22(27-13-2-3-14-27)16-25-23(28)20-5-4-6-21(15-20)26-24(29)19-11-12-19/h4-10,15,19,22H,2-3,11-14,16H2,1H3,(H,25,28)(H,26,29). The van der Waals surface area contributed by atoms with Crippen LogP contribution in [0.25, 0.3) is 0 Å². The molecule has 0 radical (unpaired) electrons. The topological polar surface area (TPSA) is 61.4 Å². The highest BCUT2D eigenvalue weighted by Gasteiger charge is 2.29. The molecule has 2 aromatic rings. The lowest BCUT2D eigenvalue weighted by Gasteiger charge is -2.28. The van der Waals surface area contributed by atoms with Crippen molar-refractivity contribution in [3.63, 3.8) is 0 Å². The molecule has 5 nitrogen and oxygen atoms in total. The van der Waals surface area contributed by atoms with Crippen molar-refractivity contribution in [3.8, 4) is 0 Å². The van der Waals surface area contributed by atoms with Crippen LogP contribution in [-0.2, 0) is 4.79 Å². The van der Waals surface area contributed by atoms with Crippen LogP contribution >= 0.6 is 0 Å². The number of likely N-dealkylation sites (tertiary alicyclic amines) is 1. The Morgan fingerprint density at radius 1 is 1.07 bits per heavy atom. The molecule has 29 heavy (non-hydrogen) atoms. The fraction of sp³-hybridized carbons (Fsp3) is 0.417. The van der Waals surface area contributed by atoms with Crippen LogP contribution in [0.3, 0.4) is 0 Å². The number of anilines is 1. The zero-order valence-electron chi connectivity index (χ0n) is 17.0. The maximum Gasteiger partial charge on any atom is 0.251 e. The van der Waals surface area contributed by atoms with Gasteiger partial charge >= 0.3 is 0 Å². The Hall–Kier alpha value is -2.66. The van der Waals surface area contributed by atoms with Crippen molar-refractivity contribution in [1.82, 2.24) is 10.2 Å². The third-order valence-corrected chi connectivity index (χ3v) is 5.84. The molecular formula is C24H29N3O2. The van der Waals surface area contributed by atoms with E-state index < -0.39 is 0 Å². The Labute approximate surface area is 172 Å². The van der Waals surface area contributed by atoms with Gasteiger partial charge in [0.15, 0.2) is 0 Å². The van der Waals surface area contributed by atoms with Crippen LogP contribution in [0.1, 0.15) is 53.2 Å². The Balaban J connectivity index is 1.42. The van der Waals surface area contributed by atoms with Gasteiger partial charge in [-0.05, 0) is 69.5 Å². The van der Waals surface area contributed by atoms with Crippen LogP contribution in [-0.4, -0.2) is 36.3 Å². The molecule has 2 aromatic carbocycles. The van der Waals surface area contributed by atoms with E-state index in [1.807, 2.05) is 12.1 Å². The lowest BCUT2D eigenvalue weighted by Crippen LogP contribution is -2.36. The summed E-state index contributed by atoms with van der Waals surface area (Å²) >= 11 is 0. The average Bonchev–Trinajstić information content (AvgIpc) is 3.45. The molecule has 1 unspecified atom stereocenters. The second-order valence-electron chi connectivity index (χ2n) is 8.22. The maximum atomic E-state index is 12.8. The van der Waals surface area contributed by atoms with Gasteiger partial charge in [0.25, 0.3) is 5.91 Å². The van der Waals surface area contributed by atoms with Crippen molar-refractivity contribution >= 4 is 17.5 Å². The average molecular weight is 392 g/mol. The van der Waals surface area contributed by atoms with Crippen molar-refractivity contribution in [2.24, 2.45) is 5.92 Å². The number of amides is 2. The van der Waals surface area contributed by atoms with Crippen LogP contribution < -0.4 is 10.6 Å². The minimum Gasteiger partial charge on any atom is -0.350 e. The molecule has 1 saturated heterocycles. The molecule has 5 heteroatoms. The Morgan fingerprint density at radius 2 is 1.79 bits per heavy atom. The molecular weight excluding hydrogens is 362 g/mol. The molecule has 0 bridgehead atoms. The van der Waals surface area contributed by atoms with Gasteiger partial charge in [0.2, 0.25) is 5.91 Å². The highest BCUT2D eigenvalue weighted by atomic mass is 16.2. The summed E-state index contributed by atoms with van der Waals surface area (Å²) in [5.41, 5.74) is 3.73. The number of hydrogen-bond acceptors (Lipinski definition) is 3. The summed E-state index contributed by atoms with van der Waals surface area (Å²) in [7, 11) is 0. The first-order valence-electron chi connectivity index (χ1n) is 10.6. The molecule has 152 valence electrons. The largest absolute Gasteiger partial charge is 0.350 e. The molecule has 1 atom stereocenters. The lowest BCUT2D eigenvalue weighted by atomic mass is 10.0. The number of nitrogens with one attached hydrogen (secondary N) is 2. The van der Waals surface area contributed by atoms with Crippen molar-refractivity contribution in [2.75, 3.05) is 25.0 Å². The summed E-state index contributed by atoms with van der Waals surface area (Å²) in [5, 5.41) is 6.02. The van der Waals surface area contributed by atoms with Gasteiger partial charge in [0.05, 0.1) is 6.04 Å². The number of nitrogens with zero attached hydrogens (tertiary/aromatic N) is 1. The first kappa shape index (κ1) is 19.6. The zero-order chi connectivity index (χ0) is 20.2. The van der Waals surface area contributed by atoms with Gasteiger partial charge in [-0.25, -0.2) is 0 Å². The minimum atomic E-state index is -0.108. The third kappa shape index (κ3) is 5.04. The number of hydrogen-bond donors (Lipinski definition) is 2. The van der Waals surface area contributed by atoms with Crippen LogP contribution in [0, 0.1) is 12.8 Å². The van der Waals surface area contributed by atoms with E-state index in [0.717, 1.165) is 25.9 Å². The van der Waals surface area contributed by atoms with Gasteiger partial charge in [-0.3, -0.25) is 14.5 Å². The number of rotatable bonds is 7. The molecule has 2 fully saturated rings. The Kier molecular flexibility index (Phi) is 5.95. The van der Waals surface area contributed by atoms with Gasteiger partial charge < -0.3 is 10.6 Å². The molecule has 1 aliphatic heterocycles. The van der Waals surface area contributed by atoms with E-state index in [1.54, 1.807) is 12.1 Å². The van der Waals surface area contributed by atoms with Crippen molar-refractivity contribution < 1.29 is 9.59 Å². The molecule has 1 aliphatic carbocycles. The molecule has 1 saturated carbocycles. The summed E-state index contributed by atoms with van der Waals surface area (Å²) in [6, 6.07) is 16.0. The van der Waals surface area contributed by atoms with Crippen LogP contribution in [0.2, 0.25) is 0 Å². The lowest BCUT2D eigenvalue weighted by molar-refractivity contribution is -0.117. The van der Waals surface area contributed by atoms with Crippen LogP contribution in [0.5, 0.6) is 0 Å². The second-order valence-corrected chi connectivity index (χ2v) is 8.22. The first-order chi connectivity index (χ1) is 14.1. The molecule has 2 aliphatic rings. The van der Waals surface area contributed by atoms with E-state index >= 15 is 0 Å². The van der Waals surface area contributed by atoms with E-state index in [4.69, 9.17) is 0 Å². The Morgan fingerprint density at radius 3 is 2.48 bits per heavy atom. The van der Waals surface area contributed by atoms with E-state index in [1.165, 1.54) is 24.0 Å². The molecule has 2 amide bonds. The van der Waals surface area contributed by atoms with Crippen molar-refractivity contribution in [2.45, 2.75) is 38.6 Å². The fourth-order valence-electron chi connectivity index (χ4n) is 3.92. The zero-order valence-corrected chi connectivity index (χ0v) is 17.0. The molecule has 2 N–H and O–H groups in total. The van der Waals surface area contributed by atoms with E-state index in [9.17, 15) is 9.59 Å². The number of aryl methyl sites for hydroxylation is 1. The first-order valence-corrected chi connectivity index (χ1v) is 10.6. The second kappa shape index (κ2) is 8.78. The summed E-state index contributed by atoms with van der Waals surface area (Å²) in [6.07, 6.45) is 4.34. The highest BCUT2D eigenvalue weighted by molar-refractivity contribution is 5.98. The minimum absolute atomic E-state index is 0.0519. The highest BCUT2D eigenvalue weighted by Crippen LogP contribution is 2.30. The number of benzene rings is 2. The molecule has 4 rings (SSSR count). The molecule has 0 spiro atoms. The van der Waals surface area contributed by atoms with Gasteiger partial charge in [0.1, 0.15) is 0 Å². The Bertz CT molecular complexity index is 868. The molecule has 1 heterocycles. The predicted octanol–water partition coefficient (Wildman–Crippen LogP) is 3.91. The van der Waals surface area contributed by atoms with Crippen LogP contribution in [0.15, 0.2) is 48.5 Å². The monoisotopic (exact) mass is 391 g/mol. The summed E-state index contributed by atoms with van der Waals surface area (Å²) < 4.78 is 0. The normalized spacial score (nSPS) is 17.7. The van der Waals surface area contributed by atoms with Gasteiger partial charge in [-0.15, -0.1) is 0 Å². The fourth-order valence-corrected chi connectivity index (χ4v) is 3.92. The van der Waals surface area contributed by atoms with Crippen LogP contribution in [0.4, 0.5) is 5.69 Å². The van der Waals surface area contributed by atoms with Gasteiger partial charge in [0, 0.05) is 23.7 Å². The third-order valence-electron chi connectivity index (χ3n) is 5.84. The van der Waals surface area contributed by atoms with Gasteiger partial charge in [-0.2, -0.15) is 0 Å².